The fraction of sp³-hybridized carbons (Fsp3) is 0.125. The number of halogens is 1. The van der Waals surface area contributed by atoms with Gasteiger partial charge in [0.25, 0.3) is 5.91 Å². The smallest absolute Gasteiger partial charge is 0.258 e. The van der Waals surface area contributed by atoms with E-state index in [1.807, 2.05) is 48.5 Å². The van der Waals surface area contributed by atoms with Crippen LogP contribution in [0.4, 0.5) is 5.69 Å². The number of hydrogen-bond donors (Lipinski definition) is 1. The second-order valence-electron chi connectivity index (χ2n) is 4.78. The number of hydrogen-bond acceptors (Lipinski definition) is 3. The summed E-state index contributed by atoms with van der Waals surface area (Å²) in [6.07, 6.45) is 0.545. The van der Waals surface area contributed by atoms with Crippen LogP contribution >= 0.6 is 22.6 Å². The van der Waals surface area contributed by atoms with Crippen LogP contribution in [0.1, 0.15) is 22.3 Å². The quantitative estimate of drug-likeness (QED) is 0.459. The molecule has 0 saturated carbocycles. The number of amides is 1. The number of oxime groups is 1. The van der Waals surface area contributed by atoms with Crippen LogP contribution in [-0.2, 0) is 0 Å². The molecule has 0 aliphatic carbocycles. The molecule has 106 valence electrons. The van der Waals surface area contributed by atoms with Gasteiger partial charge < -0.3 is 10.1 Å². The fourth-order valence-electron chi connectivity index (χ4n) is 2.52. The monoisotopic (exact) mass is 392 g/mol. The van der Waals surface area contributed by atoms with Crippen LogP contribution in [0.2, 0.25) is 0 Å². The van der Waals surface area contributed by atoms with Gasteiger partial charge in [0.1, 0.15) is 0 Å². The highest BCUT2D eigenvalue weighted by Crippen LogP contribution is 2.28. The Bertz CT molecular complexity index is 728. The van der Waals surface area contributed by atoms with Crippen molar-refractivity contribution >= 4 is 39.9 Å². The molecule has 2 aromatic rings. The van der Waals surface area contributed by atoms with Gasteiger partial charge in [-0.1, -0.05) is 29.4 Å². The zero-order chi connectivity index (χ0) is 14.8. The van der Waals surface area contributed by atoms with Gasteiger partial charge in [0, 0.05) is 27.7 Å². The van der Waals surface area contributed by atoms with Crippen LogP contribution in [0, 0.1) is 3.57 Å². The molecule has 1 heterocycles. The molecular weight excluding hydrogens is 379 g/mol. The summed E-state index contributed by atoms with van der Waals surface area (Å²) >= 11 is 2.20. The third kappa shape index (κ3) is 2.65. The molecule has 0 radical (unpaired) electrons. The molecule has 4 nitrogen and oxygen atoms in total. The van der Waals surface area contributed by atoms with E-state index < -0.39 is 0 Å². The first-order chi connectivity index (χ1) is 10.2. The second kappa shape index (κ2) is 5.85. The molecule has 0 atom stereocenters. The van der Waals surface area contributed by atoms with E-state index in [1.54, 1.807) is 4.90 Å². The summed E-state index contributed by atoms with van der Waals surface area (Å²) in [5.74, 6) is -0.0297. The number of nitrogens with zero attached hydrogens (tertiary/aromatic N) is 2. The van der Waals surface area contributed by atoms with Crippen molar-refractivity contribution in [1.29, 1.82) is 0 Å². The van der Waals surface area contributed by atoms with Gasteiger partial charge in [0.15, 0.2) is 0 Å². The van der Waals surface area contributed by atoms with Crippen LogP contribution in [0.15, 0.2) is 53.7 Å². The Balaban J connectivity index is 2.02. The Hall–Kier alpha value is -1.89. The minimum atomic E-state index is -0.0297. The SMILES string of the molecule is O=C(c1cccc(I)c1)N1CCC(=NO)c2ccccc21. The lowest BCUT2D eigenvalue weighted by Crippen LogP contribution is -2.37. The van der Waals surface area contributed by atoms with Crippen molar-refractivity contribution in [3.63, 3.8) is 0 Å². The molecule has 5 heteroatoms. The van der Waals surface area contributed by atoms with Gasteiger partial charge in [-0.25, -0.2) is 0 Å². The molecule has 1 aliphatic heterocycles. The van der Waals surface area contributed by atoms with Crippen molar-refractivity contribution in [3.05, 3.63) is 63.2 Å². The maximum Gasteiger partial charge on any atom is 0.258 e. The number of carbonyl (C=O) groups excluding carboxylic acids is 1. The Morgan fingerprint density at radius 3 is 2.76 bits per heavy atom. The average molecular weight is 392 g/mol. The minimum absolute atomic E-state index is 0.0297. The van der Waals surface area contributed by atoms with E-state index in [4.69, 9.17) is 5.21 Å². The zero-order valence-electron chi connectivity index (χ0n) is 11.2. The molecule has 3 rings (SSSR count). The predicted octanol–water partition coefficient (Wildman–Crippen LogP) is 3.52. The zero-order valence-corrected chi connectivity index (χ0v) is 13.3. The van der Waals surface area contributed by atoms with Crippen molar-refractivity contribution in [3.8, 4) is 0 Å². The Labute approximate surface area is 136 Å². The Morgan fingerprint density at radius 2 is 2.00 bits per heavy atom. The maximum atomic E-state index is 12.7. The average Bonchev–Trinajstić information content (AvgIpc) is 2.53. The van der Waals surface area contributed by atoms with Gasteiger partial charge in [-0.3, -0.25) is 4.79 Å². The number of benzene rings is 2. The molecule has 1 amide bonds. The first kappa shape index (κ1) is 14.1. The lowest BCUT2D eigenvalue weighted by Gasteiger charge is -2.29. The van der Waals surface area contributed by atoms with E-state index >= 15 is 0 Å². The largest absolute Gasteiger partial charge is 0.411 e. The number of fused-ring (bicyclic) bond motifs is 1. The standard InChI is InChI=1S/C16H13IN2O2/c17-12-5-3-4-11(10-12)16(20)19-9-8-14(18-21)13-6-1-2-7-15(13)19/h1-7,10,21H,8-9H2. The maximum absolute atomic E-state index is 12.7. The highest BCUT2D eigenvalue weighted by molar-refractivity contribution is 14.1. The molecule has 1 aliphatic rings. The fourth-order valence-corrected chi connectivity index (χ4v) is 3.06. The molecule has 0 bridgehead atoms. The third-order valence-corrected chi connectivity index (χ3v) is 4.19. The summed E-state index contributed by atoms with van der Waals surface area (Å²) in [7, 11) is 0. The van der Waals surface area contributed by atoms with Gasteiger partial charge >= 0.3 is 0 Å². The third-order valence-electron chi connectivity index (χ3n) is 3.52. The summed E-state index contributed by atoms with van der Waals surface area (Å²) < 4.78 is 1.03. The molecule has 0 fully saturated rings. The number of rotatable bonds is 1. The van der Waals surface area contributed by atoms with Crippen LogP contribution in [0.25, 0.3) is 0 Å². The number of anilines is 1. The highest BCUT2D eigenvalue weighted by atomic mass is 127. The van der Waals surface area contributed by atoms with Crippen molar-refractivity contribution < 1.29 is 10.0 Å². The minimum Gasteiger partial charge on any atom is -0.411 e. The molecule has 21 heavy (non-hydrogen) atoms. The van der Waals surface area contributed by atoms with E-state index in [1.165, 1.54) is 0 Å². The van der Waals surface area contributed by atoms with Gasteiger partial charge in [-0.15, -0.1) is 0 Å². The molecule has 0 unspecified atom stereocenters. The van der Waals surface area contributed by atoms with Gasteiger partial charge in [-0.05, 0) is 46.9 Å². The van der Waals surface area contributed by atoms with Crippen molar-refractivity contribution in [2.75, 3.05) is 11.4 Å². The van der Waals surface area contributed by atoms with Crippen molar-refractivity contribution in [2.24, 2.45) is 5.16 Å². The Morgan fingerprint density at radius 1 is 1.19 bits per heavy atom. The lowest BCUT2D eigenvalue weighted by molar-refractivity contribution is 0.0987. The molecule has 1 N–H and O–H groups in total. The second-order valence-corrected chi connectivity index (χ2v) is 6.03. The summed E-state index contributed by atoms with van der Waals surface area (Å²) in [6, 6.07) is 15.1. The number of carbonyl (C=O) groups is 1. The molecule has 0 spiro atoms. The molecule has 2 aromatic carbocycles. The number of para-hydroxylation sites is 1. The van der Waals surface area contributed by atoms with Crippen LogP contribution < -0.4 is 4.90 Å². The lowest BCUT2D eigenvalue weighted by atomic mass is 9.99. The normalized spacial score (nSPS) is 15.9. The summed E-state index contributed by atoms with van der Waals surface area (Å²) in [6.45, 7) is 0.515. The van der Waals surface area contributed by atoms with E-state index in [-0.39, 0.29) is 5.91 Å². The van der Waals surface area contributed by atoms with E-state index in [0.29, 0.717) is 24.2 Å². The van der Waals surface area contributed by atoms with Gasteiger partial charge in [0.2, 0.25) is 0 Å². The molecule has 0 aromatic heterocycles. The van der Waals surface area contributed by atoms with E-state index in [0.717, 1.165) is 14.8 Å². The van der Waals surface area contributed by atoms with E-state index in [9.17, 15) is 4.79 Å². The van der Waals surface area contributed by atoms with Crippen LogP contribution in [-0.4, -0.2) is 23.4 Å². The van der Waals surface area contributed by atoms with Gasteiger partial charge in [0.05, 0.1) is 11.4 Å². The molecular formula is C16H13IN2O2. The van der Waals surface area contributed by atoms with Gasteiger partial charge in [-0.2, -0.15) is 0 Å². The topological polar surface area (TPSA) is 52.9 Å². The first-order valence-corrected chi connectivity index (χ1v) is 7.66. The predicted molar refractivity (Wildman–Crippen MR) is 90.2 cm³/mol. The summed E-state index contributed by atoms with van der Waals surface area (Å²) in [5.41, 5.74) is 2.89. The Kier molecular flexibility index (Phi) is 3.92. The van der Waals surface area contributed by atoms with Crippen LogP contribution in [0.5, 0.6) is 0 Å². The summed E-state index contributed by atoms with van der Waals surface area (Å²) in [4.78, 5) is 14.5. The molecule has 0 saturated heterocycles. The van der Waals surface area contributed by atoms with Crippen molar-refractivity contribution in [1.82, 2.24) is 0 Å². The highest BCUT2D eigenvalue weighted by Gasteiger charge is 2.26. The first-order valence-electron chi connectivity index (χ1n) is 6.58. The summed E-state index contributed by atoms with van der Waals surface area (Å²) in [5, 5.41) is 12.4. The van der Waals surface area contributed by atoms with Crippen LogP contribution in [0.3, 0.4) is 0 Å². The van der Waals surface area contributed by atoms with E-state index in [2.05, 4.69) is 27.7 Å². The van der Waals surface area contributed by atoms with Crippen molar-refractivity contribution in [2.45, 2.75) is 6.42 Å².